The van der Waals surface area contributed by atoms with Gasteiger partial charge in [-0.25, -0.2) is 0 Å². The molecule has 4 rings (SSSR count). The summed E-state index contributed by atoms with van der Waals surface area (Å²) in [5.74, 6) is 2.63. The number of fused-ring (bicyclic) bond motifs is 5. The Morgan fingerprint density at radius 3 is 2.55 bits per heavy atom. The largest absolute Gasteiger partial charge is 0.393 e. The monoisotopic (exact) mass is 306 g/mol. The fourth-order valence-electron chi connectivity index (χ4n) is 7.07. The van der Waals surface area contributed by atoms with E-state index in [4.69, 9.17) is 0 Å². The van der Waals surface area contributed by atoms with Gasteiger partial charge in [0.25, 0.3) is 0 Å². The predicted octanol–water partition coefficient (Wildman–Crippen LogP) is 2.93. The number of aliphatic hydroxyl groups is 2. The highest BCUT2D eigenvalue weighted by Gasteiger charge is 2.62. The summed E-state index contributed by atoms with van der Waals surface area (Å²) in [6.07, 6.45) is 6.93. The molecule has 2 N–H and O–H groups in total. The van der Waals surface area contributed by atoms with Gasteiger partial charge in [-0.05, 0) is 74.0 Å². The Kier molecular flexibility index (Phi) is 3.30. The van der Waals surface area contributed by atoms with Crippen LogP contribution in [0.4, 0.5) is 0 Å². The van der Waals surface area contributed by atoms with Gasteiger partial charge in [-0.1, -0.05) is 13.8 Å². The first-order valence-electron chi connectivity index (χ1n) is 9.26. The average molecular weight is 306 g/mol. The minimum Gasteiger partial charge on any atom is -0.393 e. The first kappa shape index (κ1) is 15.1. The molecule has 22 heavy (non-hydrogen) atoms. The molecule has 0 radical (unpaired) electrons. The van der Waals surface area contributed by atoms with Gasteiger partial charge >= 0.3 is 0 Å². The van der Waals surface area contributed by atoms with Crippen molar-refractivity contribution >= 4 is 5.78 Å². The van der Waals surface area contributed by atoms with Gasteiger partial charge in [-0.15, -0.1) is 0 Å². The molecule has 0 saturated heterocycles. The summed E-state index contributed by atoms with van der Waals surface area (Å²) < 4.78 is 0. The number of carbonyl (C=O) groups is 1. The molecular formula is C19H30O3. The first-order valence-corrected chi connectivity index (χ1v) is 9.26. The van der Waals surface area contributed by atoms with Crippen molar-refractivity contribution in [3.05, 3.63) is 0 Å². The molecule has 4 aliphatic carbocycles. The highest BCUT2D eigenvalue weighted by molar-refractivity contribution is 5.87. The van der Waals surface area contributed by atoms with Crippen molar-refractivity contribution in [2.45, 2.75) is 77.4 Å². The zero-order valence-corrected chi connectivity index (χ0v) is 13.9. The van der Waals surface area contributed by atoms with Gasteiger partial charge in [0.2, 0.25) is 0 Å². The maximum Gasteiger partial charge on any atom is 0.139 e. The van der Waals surface area contributed by atoms with E-state index in [-0.39, 0.29) is 23.0 Å². The van der Waals surface area contributed by atoms with Gasteiger partial charge in [-0.2, -0.15) is 0 Å². The summed E-state index contributed by atoms with van der Waals surface area (Å²) in [7, 11) is 0. The Hall–Kier alpha value is -0.410. The number of hydrogen-bond donors (Lipinski definition) is 2. The smallest absolute Gasteiger partial charge is 0.139 e. The fraction of sp³-hybridized carbons (Fsp3) is 0.947. The SMILES string of the molecule is C[C@]12C(O)CC(O)CC1CC[C@@H]1[C@H]2CC[C@]2(C)C(=O)CC[C@@H]12. The van der Waals surface area contributed by atoms with Crippen molar-refractivity contribution in [3.8, 4) is 0 Å². The van der Waals surface area contributed by atoms with Crippen LogP contribution in [0.1, 0.15) is 65.2 Å². The molecule has 3 unspecified atom stereocenters. The maximum atomic E-state index is 12.4. The Balaban J connectivity index is 1.67. The summed E-state index contributed by atoms with van der Waals surface area (Å²) in [6.45, 7) is 4.49. The normalized spacial score (nSPS) is 57.9. The Morgan fingerprint density at radius 1 is 1.00 bits per heavy atom. The molecule has 0 aromatic carbocycles. The van der Waals surface area contributed by atoms with E-state index in [1.807, 2.05) is 0 Å². The van der Waals surface area contributed by atoms with Crippen LogP contribution in [0, 0.1) is 34.5 Å². The lowest BCUT2D eigenvalue weighted by atomic mass is 9.44. The quantitative estimate of drug-likeness (QED) is 0.723. The van der Waals surface area contributed by atoms with Crippen LogP contribution in [-0.2, 0) is 4.79 Å². The molecule has 0 aromatic rings. The van der Waals surface area contributed by atoms with E-state index in [0.717, 1.165) is 38.5 Å². The summed E-state index contributed by atoms with van der Waals surface area (Å²) >= 11 is 0. The molecule has 4 saturated carbocycles. The van der Waals surface area contributed by atoms with Crippen molar-refractivity contribution in [2.75, 3.05) is 0 Å². The fourth-order valence-corrected chi connectivity index (χ4v) is 7.07. The van der Waals surface area contributed by atoms with Crippen molar-refractivity contribution in [2.24, 2.45) is 34.5 Å². The lowest BCUT2D eigenvalue weighted by molar-refractivity contribution is -0.179. The van der Waals surface area contributed by atoms with Crippen molar-refractivity contribution in [1.29, 1.82) is 0 Å². The molecular weight excluding hydrogens is 276 g/mol. The van der Waals surface area contributed by atoms with Crippen LogP contribution in [0.25, 0.3) is 0 Å². The first-order chi connectivity index (χ1) is 10.4. The number of Topliss-reactive ketones (excluding diaryl/α,β-unsaturated/α-hetero) is 1. The van der Waals surface area contributed by atoms with Crippen molar-refractivity contribution in [1.82, 2.24) is 0 Å². The van der Waals surface area contributed by atoms with E-state index in [1.54, 1.807) is 0 Å². The second-order valence-corrected chi connectivity index (χ2v) is 9.08. The Morgan fingerprint density at radius 2 is 1.77 bits per heavy atom. The van der Waals surface area contributed by atoms with Crippen LogP contribution in [0.2, 0.25) is 0 Å². The number of rotatable bonds is 0. The standard InChI is InChI=1S/C19H30O3/c1-18-8-7-15-13(14(18)5-6-16(18)21)4-3-11-9-12(20)10-17(22)19(11,15)2/h11-15,17,20,22H,3-10H2,1-2H3/t11?,12?,13-,14-,15+,17?,18-,19-/m0/s1. The van der Waals surface area contributed by atoms with Gasteiger partial charge in [0.05, 0.1) is 12.2 Å². The lowest BCUT2D eigenvalue weighted by Gasteiger charge is -2.61. The van der Waals surface area contributed by atoms with Crippen molar-refractivity contribution < 1.29 is 15.0 Å². The molecule has 0 heterocycles. The zero-order valence-electron chi connectivity index (χ0n) is 13.9. The second kappa shape index (κ2) is 4.80. The minimum absolute atomic E-state index is 0.0465. The van der Waals surface area contributed by atoms with Gasteiger partial charge < -0.3 is 10.2 Å². The minimum atomic E-state index is -0.379. The van der Waals surface area contributed by atoms with Gasteiger partial charge in [0.15, 0.2) is 0 Å². The van der Waals surface area contributed by atoms with Crippen LogP contribution in [0.3, 0.4) is 0 Å². The van der Waals surface area contributed by atoms with E-state index < -0.39 is 0 Å². The highest BCUT2D eigenvalue weighted by atomic mass is 16.3. The summed E-state index contributed by atoms with van der Waals surface area (Å²) in [4.78, 5) is 12.4. The van der Waals surface area contributed by atoms with Gasteiger partial charge in [0.1, 0.15) is 5.78 Å². The van der Waals surface area contributed by atoms with Crippen LogP contribution in [-0.4, -0.2) is 28.2 Å². The molecule has 0 aromatic heterocycles. The predicted molar refractivity (Wildman–Crippen MR) is 84.1 cm³/mol. The molecule has 4 fully saturated rings. The molecule has 0 spiro atoms. The lowest BCUT2D eigenvalue weighted by Crippen LogP contribution is -2.59. The summed E-state index contributed by atoms with van der Waals surface area (Å²) in [5, 5.41) is 20.9. The molecule has 4 aliphatic rings. The third-order valence-corrected chi connectivity index (χ3v) is 8.44. The van der Waals surface area contributed by atoms with E-state index in [1.165, 1.54) is 6.42 Å². The summed E-state index contributed by atoms with van der Waals surface area (Å²) in [5.41, 5.74) is -0.126. The Labute approximate surface area is 133 Å². The molecule has 0 aliphatic heterocycles. The van der Waals surface area contributed by atoms with Crippen LogP contribution >= 0.6 is 0 Å². The van der Waals surface area contributed by atoms with E-state index in [0.29, 0.717) is 35.9 Å². The zero-order chi connectivity index (χ0) is 15.7. The maximum absolute atomic E-state index is 12.4. The number of carbonyl (C=O) groups excluding carboxylic acids is 1. The van der Waals surface area contributed by atoms with E-state index in [9.17, 15) is 15.0 Å². The molecule has 124 valence electrons. The Bertz CT molecular complexity index is 489. The highest BCUT2D eigenvalue weighted by Crippen LogP contribution is 2.65. The molecule has 3 heteroatoms. The molecule has 3 nitrogen and oxygen atoms in total. The van der Waals surface area contributed by atoms with Crippen LogP contribution in [0.15, 0.2) is 0 Å². The number of ketones is 1. The topological polar surface area (TPSA) is 57.5 Å². The second-order valence-electron chi connectivity index (χ2n) is 9.08. The average Bonchev–Trinajstić information content (AvgIpc) is 2.77. The summed E-state index contributed by atoms with van der Waals surface area (Å²) in [6, 6.07) is 0. The molecule has 8 atom stereocenters. The number of aliphatic hydroxyl groups excluding tert-OH is 2. The van der Waals surface area contributed by atoms with Gasteiger partial charge in [-0.3, -0.25) is 4.79 Å². The molecule has 0 bridgehead atoms. The third-order valence-electron chi connectivity index (χ3n) is 8.44. The van der Waals surface area contributed by atoms with Crippen LogP contribution in [0.5, 0.6) is 0 Å². The van der Waals surface area contributed by atoms with E-state index in [2.05, 4.69) is 13.8 Å². The van der Waals surface area contributed by atoms with E-state index >= 15 is 0 Å². The van der Waals surface area contributed by atoms with Gasteiger partial charge in [0, 0.05) is 11.8 Å². The van der Waals surface area contributed by atoms with Crippen molar-refractivity contribution in [3.63, 3.8) is 0 Å². The number of hydrogen-bond acceptors (Lipinski definition) is 3. The molecule has 0 amide bonds. The third kappa shape index (κ3) is 1.78. The van der Waals surface area contributed by atoms with Crippen LogP contribution < -0.4 is 0 Å².